The second-order valence-electron chi connectivity index (χ2n) is 6.05. The van der Waals surface area contributed by atoms with Gasteiger partial charge >= 0.3 is 6.09 Å². The highest BCUT2D eigenvalue weighted by Gasteiger charge is 2.36. The lowest BCUT2D eigenvalue weighted by molar-refractivity contribution is 0.00790. The molecule has 0 aliphatic carbocycles. The van der Waals surface area contributed by atoms with Crippen LogP contribution in [0.5, 0.6) is 5.75 Å². The van der Waals surface area contributed by atoms with Crippen molar-refractivity contribution >= 4 is 6.09 Å². The molecule has 0 saturated carbocycles. The summed E-state index contributed by atoms with van der Waals surface area (Å²) < 4.78 is 24.4. The van der Waals surface area contributed by atoms with E-state index in [4.69, 9.17) is 9.47 Å². The van der Waals surface area contributed by atoms with Gasteiger partial charge in [0.2, 0.25) is 0 Å². The highest BCUT2D eigenvalue weighted by Crippen LogP contribution is 2.35. The number of pyridine rings is 1. The summed E-state index contributed by atoms with van der Waals surface area (Å²) in [5.74, 6) is -0.200. The minimum absolute atomic E-state index is 0.0299. The van der Waals surface area contributed by atoms with Crippen LogP contribution in [-0.4, -0.2) is 41.3 Å². The van der Waals surface area contributed by atoms with E-state index in [0.29, 0.717) is 25.3 Å². The van der Waals surface area contributed by atoms with E-state index in [-0.39, 0.29) is 17.8 Å². The van der Waals surface area contributed by atoms with E-state index in [9.17, 15) is 9.18 Å². The van der Waals surface area contributed by atoms with Crippen LogP contribution in [0, 0.1) is 5.82 Å². The van der Waals surface area contributed by atoms with Gasteiger partial charge in [-0.2, -0.15) is 0 Å². The predicted octanol–water partition coefficient (Wildman–Crippen LogP) is 2.95. The van der Waals surface area contributed by atoms with Crippen molar-refractivity contribution < 1.29 is 18.7 Å². The summed E-state index contributed by atoms with van der Waals surface area (Å²) in [5, 5.41) is 0. The molecule has 1 saturated heterocycles. The molecule has 1 aliphatic rings. The number of halogens is 1. The maximum absolute atomic E-state index is 13.7. The summed E-state index contributed by atoms with van der Waals surface area (Å²) in [5.41, 5.74) is 0.190. The van der Waals surface area contributed by atoms with Gasteiger partial charge in [0, 0.05) is 30.8 Å². The van der Waals surface area contributed by atoms with Gasteiger partial charge in [-0.1, -0.05) is 0 Å². The van der Waals surface area contributed by atoms with Crippen LogP contribution in [0.1, 0.15) is 39.2 Å². The number of amides is 1. The van der Waals surface area contributed by atoms with Gasteiger partial charge in [0.1, 0.15) is 5.60 Å². The highest BCUT2D eigenvalue weighted by atomic mass is 19.1. The van der Waals surface area contributed by atoms with Crippen molar-refractivity contribution in [3.05, 3.63) is 23.8 Å². The minimum Gasteiger partial charge on any atom is -0.490 e. The topological polar surface area (TPSA) is 51.7 Å². The number of likely N-dealkylation sites (tertiary alicyclic amines) is 1. The van der Waals surface area contributed by atoms with Crippen LogP contribution in [-0.2, 0) is 4.74 Å². The van der Waals surface area contributed by atoms with Crippen molar-refractivity contribution in [2.75, 3.05) is 19.7 Å². The molecule has 1 fully saturated rings. The van der Waals surface area contributed by atoms with Gasteiger partial charge in [0.25, 0.3) is 0 Å². The third kappa shape index (κ3) is 3.62. The quantitative estimate of drug-likeness (QED) is 0.860. The van der Waals surface area contributed by atoms with E-state index in [1.54, 1.807) is 18.0 Å². The van der Waals surface area contributed by atoms with Gasteiger partial charge in [-0.05, 0) is 27.7 Å². The Morgan fingerprint density at radius 1 is 1.43 bits per heavy atom. The molecule has 0 unspecified atom stereocenters. The molecule has 0 bridgehead atoms. The number of hydrogen-bond donors (Lipinski definition) is 0. The molecule has 6 heteroatoms. The first-order chi connectivity index (χ1) is 9.81. The minimum atomic E-state index is -0.515. The Kier molecular flexibility index (Phi) is 4.34. The molecular formula is C15H21FN2O3. The van der Waals surface area contributed by atoms with E-state index in [0.717, 1.165) is 6.20 Å². The van der Waals surface area contributed by atoms with Crippen molar-refractivity contribution in [3.63, 3.8) is 0 Å². The normalized spacial score (nSPS) is 15.6. The third-order valence-electron chi connectivity index (χ3n) is 3.14. The Hall–Kier alpha value is -1.85. The fourth-order valence-corrected chi connectivity index (χ4v) is 2.18. The van der Waals surface area contributed by atoms with Crippen LogP contribution in [0.2, 0.25) is 0 Å². The number of carbonyl (C=O) groups is 1. The molecule has 2 rings (SSSR count). The second kappa shape index (κ2) is 5.87. The fourth-order valence-electron chi connectivity index (χ4n) is 2.18. The van der Waals surface area contributed by atoms with Crippen LogP contribution in [0.3, 0.4) is 0 Å². The molecule has 0 N–H and O–H groups in total. The van der Waals surface area contributed by atoms with Crippen LogP contribution in [0.15, 0.2) is 12.4 Å². The van der Waals surface area contributed by atoms with Crippen molar-refractivity contribution in [1.29, 1.82) is 0 Å². The molecule has 5 nitrogen and oxygen atoms in total. The Morgan fingerprint density at radius 3 is 2.67 bits per heavy atom. The van der Waals surface area contributed by atoms with Gasteiger partial charge in [0.05, 0.1) is 12.8 Å². The number of aromatic nitrogens is 1. The summed E-state index contributed by atoms with van der Waals surface area (Å²) in [7, 11) is 0. The Balaban J connectivity index is 2.02. The zero-order valence-electron chi connectivity index (χ0n) is 12.9. The maximum Gasteiger partial charge on any atom is 0.410 e. The molecule has 0 spiro atoms. The summed E-state index contributed by atoms with van der Waals surface area (Å²) in [6.07, 6.45) is 2.39. The molecule has 2 heterocycles. The van der Waals surface area contributed by atoms with E-state index in [1.807, 2.05) is 20.8 Å². The van der Waals surface area contributed by atoms with Crippen LogP contribution in [0.4, 0.5) is 9.18 Å². The lowest BCUT2D eigenvalue weighted by Gasteiger charge is -2.40. The second-order valence-corrected chi connectivity index (χ2v) is 6.05. The number of nitrogens with zero attached hydrogens (tertiary/aromatic N) is 2. The lowest BCUT2D eigenvalue weighted by Crippen LogP contribution is -2.50. The largest absolute Gasteiger partial charge is 0.490 e. The van der Waals surface area contributed by atoms with Crippen molar-refractivity contribution in [3.8, 4) is 5.75 Å². The Labute approximate surface area is 124 Å². The van der Waals surface area contributed by atoms with E-state index in [2.05, 4.69) is 4.98 Å². The van der Waals surface area contributed by atoms with Crippen molar-refractivity contribution in [1.82, 2.24) is 9.88 Å². The van der Waals surface area contributed by atoms with Crippen LogP contribution >= 0.6 is 0 Å². The molecule has 1 aromatic rings. The lowest BCUT2D eigenvalue weighted by atomic mass is 9.92. The summed E-state index contributed by atoms with van der Waals surface area (Å²) >= 11 is 0. The van der Waals surface area contributed by atoms with Gasteiger partial charge in [0.15, 0.2) is 11.6 Å². The molecule has 21 heavy (non-hydrogen) atoms. The number of hydrogen-bond acceptors (Lipinski definition) is 4. The van der Waals surface area contributed by atoms with E-state index in [1.165, 1.54) is 0 Å². The molecule has 1 amide bonds. The first-order valence-corrected chi connectivity index (χ1v) is 7.06. The van der Waals surface area contributed by atoms with Crippen molar-refractivity contribution in [2.45, 2.75) is 39.2 Å². The first-order valence-electron chi connectivity index (χ1n) is 7.06. The zero-order chi connectivity index (χ0) is 15.6. The van der Waals surface area contributed by atoms with Gasteiger partial charge in [-0.3, -0.25) is 4.98 Å². The van der Waals surface area contributed by atoms with E-state index < -0.39 is 11.4 Å². The molecule has 0 radical (unpaired) electrons. The SMILES string of the molecule is CCOc1c(F)cncc1C1CN(C(=O)OC(C)(C)C)C1. The zero-order valence-corrected chi connectivity index (χ0v) is 12.9. The summed E-state index contributed by atoms with van der Waals surface area (Å²) in [6, 6.07) is 0. The fraction of sp³-hybridized carbons (Fsp3) is 0.600. The Bertz CT molecular complexity index is 522. The molecule has 116 valence electrons. The molecule has 0 atom stereocenters. The monoisotopic (exact) mass is 296 g/mol. The smallest absolute Gasteiger partial charge is 0.410 e. The molecular weight excluding hydrogens is 275 g/mol. The van der Waals surface area contributed by atoms with E-state index >= 15 is 0 Å². The standard InChI is InChI=1S/C15H21FN2O3/c1-5-20-13-11(6-17-7-12(13)16)10-8-18(9-10)14(19)21-15(2,3)4/h6-7,10H,5,8-9H2,1-4H3. The predicted molar refractivity (Wildman–Crippen MR) is 75.9 cm³/mol. The summed E-state index contributed by atoms with van der Waals surface area (Å²) in [4.78, 5) is 17.3. The summed E-state index contributed by atoms with van der Waals surface area (Å²) in [6.45, 7) is 8.64. The number of rotatable bonds is 3. The number of ether oxygens (including phenoxy) is 2. The number of carbonyl (C=O) groups excluding carboxylic acids is 1. The molecule has 0 aromatic carbocycles. The average molecular weight is 296 g/mol. The Morgan fingerprint density at radius 2 is 2.10 bits per heavy atom. The first kappa shape index (κ1) is 15.5. The maximum atomic E-state index is 13.7. The van der Waals surface area contributed by atoms with Crippen LogP contribution < -0.4 is 4.74 Å². The highest BCUT2D eigenvalue weighted by molar-refractivity contribution is 5.69. The van der Waals surface area contributed by atoms with Gasteiger partial charge in [-0.25, -0.2) is 9.18 Å². The van der Waals surface area contributed by atoms with Gasteiger partial charge in [-0.15, -0.1) is 0 Å². The third-order valence-corrected chi connectivity index (χ3v) is 3.14. The molecule has 1 aromatic heterocycles. The van der Waals surface area contributed by atoms with Gasteiger partial charge < -0.3 is 14.4 Å². The average Bonchev–Trinajstić information content (AvgIpc) is 2.29. The van der Waals surface area contributed by atoms with Crippen LogP contribution in [0.25, 0.3) is 0 Å². The van der Waals surface area contributed by atoms with Crippen molar-refractivity contribution in [2.24, 2.45) is 0 Å². The molecule has 1 aliphatic heterocycles.